The zero-order valence-electron chi connectivity index (χ0n) is 20.4. The molecule has 196 valence electrons. The smallest absolute Gasteiger partial charge is 0.338 e. The molecule has 4 aromatic rings. The highest BCUT2D eigenvalue weighted by molar-refractivity contribution is 7.07. The molecule has 1 aliphatic heterocycles. The van der Waals surface area contributed by atoms with E-state index >= 15 is 0 Å². The lowest BCUT2D eigenvalue weighted by atomic mass is 9.93. The number of fused-ring (bicyclic) bond motifs is 1. The van der Waals surface area contributed by atoms with Crippen LogP contribution in [0.4, 0.5) is 10.1 Å². The molecule has 39 heavy (non-hydrogen) atoms. The number of halogens is 1. The van der Waals surface area contributed by atoms with Crippen molar-refractivity contribution in [3.05, 3.63) is 131 Å². The van der Waals surface area contributed by atoms with Crippen LogP contribution >= 0.6 is 11.3 Å². The Labute approximate surface area is 224 Å². The van der Waals surface area contributed by atoms with Crippen molar-refractivity contribution in [1.82, 2.24) is 4.57 Å². The van der Waals surface area contributed by atoms with Crippen molar-refractivity contribution in [2.45, 2.75) is 13.0 Å². The third kappa shape index (κ3) is 4.75. The number of nitro benzene ring substituents is 1. The topological polar surface area (TPSA) is 127 Å². The summed E-state index contributed by atoms with van der Waals surface area (Å²) >= 11 is 0.966. The van der Waals surface area contributed by atoms with Crippen LogP contribution in [0.3, 0.4) is 0 Å². The molecule has 0 saturated carbocycles. The molecule has 1 atom stereocenters. The molecule has 1 aromatic heterocycles. The number of carbonyl (C=O) groups is 1. The first kappa shape index (κ1) is 25.7. The zero-order valence-corrected chi connectivity index (χ0v) is 21.2. The molecule has 2 heterocycles. The van der Waals surface area contributed by atoms with E-state index in [1.165, 1.54) is 47.0 Å². The van der Waals surface area contributed by atoms with Gasteiger partial charge in [-0.25, -0.2) is 14.2 Å². The summed E-state index contributed by atoms with van der Waals surface area (Å²) in [6, 6.07) is 17.1. The van der Waals surface area contributed by atoms with E-state index in [0.717, 1.165) is 17.4 Å². The zero-order chi connectivity index (χ0) is 27.7. The summed E-state index contributed by atoms with van der Waals surface area (Å²) < 4.78 is 20.6. The quantitative estimate of drug-likeness (QED) is 0.209. The van der Waals surface area contributed by atoms with Crippen molar-refractivity contribution < 1.29 is 24.0 Å². The first-order chi connectivity index (χ1) is 18.8. The van der Waals surface area contributed by atoms with E-state index in [-0.39, 0.29) is 32.8 Å². The van der Waals surface area contributed by atoms with Crippen molar-refractivity contribution in [2.24, 2.45) is 4.99 Å². The van der Waals surface area contributed by atoms with Gasteiger partial charge < -0.3 is 9.84 Å². The number of thiazole rings is 1. The van der Waals surface area contributed by atoms with E-state index in [4.69, 9.17) is 4.74 Å². The lowest BCUT2D eigenvalue weighted by Gasteiger charge is -2.25. The van der Waals surface area contributed by atoms with Gasteiger partial charge in [0.05, 0.1) is 33.4 Å². The number of hydrogen-bond acceptors (Lipinski definition) is 8. The number of nitrogens with zero attached hydrogens (tertiary/aromatic N) is 3. The largest absolute Gasteiger partial charge is 0.867 e. The van der Waals surface area contributed by atoms with Gasteiger partial charge in [0.25, 0.3) is 11.2 Å². The van der Waals surface area contributed by atoms with Gasteiger partial charge in [-0.1, -0.05) is 65.9 Å². The first-order valence-corrected chi connectivity index (χ1v) is 12.6. The molecule has 0 spiro atoms. The number of esters is 1. The van der Waals surface area contributed by atoms with Crippen molar-refractivity contribution in [3.8, 4) is 5.75 Å². The molecule has 0 saturated heterocycles. The Kier molecular flexibility index (Phi) is 6.90. The molecule has 11 heteroatoms. The Morgan fingerprint density at radius 3 is 2.51 bits per heavy atom. The molecular weight excluding hydrogens is 525 g/mol. The lowest BCUT2D eigenvalue weighted by molar-refractivity contribution is -0.398. The molecule has 1 aliphatic rings. The summed E-state index contributed by atoms with van der Waals surface area (Å²) in [6.45, 7) is 1.73. The molecule has 0 amide bonds. The standard InChI is InChI=1S/C28H20FN3O6S/c1-2-38-27(35)22-23(16-7-4-3-5-8-16)30-28-31(24(22)17-11-13-19(29)14-12-17)26(34)21(39-28)15-18-9-6-10-20(25(18)33)32(36)37/h3-15,24,33H,2H2,1H3/p-1/b21-15+/t24-/m0/s1. The van der Waals surface area contributed by atoms with E-state index in [9.17, 15) is 29.2 Å². The molecular formula is C28H19FN3O6S-. The van der Waals surface area contributed by atoms with Gasteiger partial charge in [0, 0.05) is 11.6 Å². The first-order valence-electron chi connectivity index (χ1n) is 11.8. The Hall–Kier alpha value is -4.90. The number of hydrogen-bond donors (Lipinski definition) is 0. The number of carbonyl (C=O) groups excluding carboxylic acids is 1. The minimum absolute atomic E-state index is 0.0410. The van der Waals surface area contributed by atoms with Crippen LogP contribution < -0.4 is 20.0 Å². The number of para-hydroxylation sites is 1. The number of benzene rings is 3. The predicted octanol–water partition coefficient (Wildman–Crippen LogP) is 3.06. The maximum Gasteiger partial charge on any atom is 0.338 e. The minimum atomic E-state index is -1.02. The SMILES string of the molecule is CCOC(=O)C1=C(c2ccccc2)N=c2s/c(=C/c3cccc([N+](=O)[O-])c3[O-])c(=O)n2[C@H]1c1ccc(F)cc1. The fraction of sp³-hybridized carbons (Fsp3) is 0.107. The fourth-order valence-corrected chi connectivity index (χ4v) is 5.33. The monoisotopic (exact) mass is 544 g/mol. The van der Waals surface area contributed by atoms with E-state index in [1.54, 1.807) is 31.2 Å². The van der Waals surface area contributed by atoms with Crippen molar-refractivity contribution in [3.63, 3.8) is 0 Å². The summed E-state index contributed by atoms with van der Waals surface area (Å²) in [4.78, 5) is 42.5. The average Bonchev–Trinajstić information content (AvgIpc) is 3.24. The van der Waals surface area contributed by atoms with Gasteiger partial charge in [-0.15, -0.1) is 0 Å². The van der Waals surface area contributed by atoms with E-state index in [1.807, 2.05) is 6.07 Å². The Morgan fingerprint density at radius 1 is 1.13 bits per heavy atom. The van der Waals surface area contributed by atoms with Crippen molar-refractivity contribution >= 4 is 34.8 Å². The van der Waals surface area contributed by atoms with Gasteiger partial charge >= 0.3 is 5.97 Å². The summed E-state index contributed by atoms with van der Waals surface area (Å²) in [5, 5.41) is 23.9. The molecule has 0 aliphatic carbocycles. The van der Waals surface area contributed by atoms with Gasteiger partial charge in [0.2, 0.25) is 0 Å². The Morgan fingerprint density at radius 2 is 1.85 bits per heavy atom. The molecule has 0 radical (unpaired) electrons. The maximum atomic E-state index is 13.8. The van der Waals surface area contributed by atoms with Crippen LogP contribution in [0.15, 0.2) is 88.2 Å². The predicted molar refractivity (Wildman–Crippen MR) is 140 cm³/mol. The number of rotatable bonds is 6. The second-order valence-corrected chi connectivity index (χ2v) is 9.44. The molecule has 5 rings (SSSR count). The molecule has 0 bridgehead atoms. The minimum Gasteiger partial charge on any atom is -0.867 e. The van der Waals surface area contributed by atoms with Crippen molar-refractivity contribution in [2.75, 3.05) is 6.61 Å². The van der Waals surface area contributed by atoms with Crippen LogP contribution in [0, 0.1) is 15.9 Å². The van der Waals surface area contributed by atoms with Crippen LogP contribution in [0.2, 0.25) is 0 Å². The molecule has 0 fully saturated rings. The second kappa shape index (κ2) is 10.5. The van der Waals surface area contributed by atoms with Gasteiger partial charge in [-0.2, -0.15) is 0 Å². The third-order valence-electron chi connectivity index (χ3n) is 6.07. The lowest BCUT2D eigenvalue weighted by Crippen LogP contribution is -2.40. The summed E-state index contributed by atoms with van der Waals surface area (Å²) in [5.74, 6) is -2.02. The number of ether oxygens (including phenoxy) is 1. The highest BCUT2D eigenvalue weighted by atomic mass is 32.1. The molecule has 3 aromatic carbocycles. The number of nitro groups is 1. The summed E-state index contributed by atoms with van der Waals surface area (Å²) in [5.41, 5.74) is 0.191. The van der Waals surface area contributed by atoms with Crippen LogP contribution in [-0.2, 0) is 9.53 Å². The molecule has 9 nitrogen and oxygen atoms in total. The maximum absolute atomic E-state index is 13.8. The van der Waals surface area contributed by atoms with Crippen molar-refractivity contribution in [1.29, 1.82) is 0 Å². The third-order valence-corrected chi connectivity index (χ3v) is 7.05. The second-order valence-electron chi connectivity index (χ2n) is 8.44. The Balaban J connectivity index is 1.83. The molecule has 0 N–H and O–H groups in total. The molecule has 0 unspecified atom stereocenters. The summed E-state index contributed by atoms with van der Waals surface area (Å²) in [7, 11) is 0. The van der Waals surface area contributed by atoms with Crippen LogP contribution in [0.25, 0.3) is 11.8 Å². The van der Waals surface area contributed by atoms with Crippen LogP contribution in [0.1, 0.15) is 29.7 Å². The highest BCUT2D eigenvalue weighted by Crippen LogP contribution is 2.35. The van der Waals surface area contributed by atoms with Crippen LogP contribution in [-0.4, -0.2) is 22.1 Å². The van der Waals surface area contributed by atoms with Gasteiger partial charge in [0.15, 0.2) is 4.80 Å². The van der Waals surface area contributed by atoms with Crippen LogP contribution in [0.5, 0.6) is 5.75 Å². The average molecular weight is 545 g/mol. The Bertz CT molecular complexity index is 1810. The van der Waals surface area contributed by atoms with Gasteiger partial charge in [-0.05, 0) is 42.0 Å². The fourth-order valence-electron chi connectivity index (χ4n) is 4.34. The van der Waals surface area contributed by atoms with Gasteiger partial charge in [0.1, 0.15) is 5.82 Å². The van der Waals surface area contributed by atoms with Gasteiger partial charge in [-0.3, -0.25) is 19.5 Å². The normalized spacial score (nSPS) is 15.0. The highest BCUT2D eigenvalue weighted by Gasteiger charge is 2.35. The summed E-state index contributed by atoms with van der Waals surface area (Å²) in [6.07, 6.45) is 1.27. The van der Waals surface area contributed by atoms with E-state index in [0.29, 0.717) is 11.1 Å². The number of aromatic nitrogens is 1. The van der Waals surface area contributed by atoms with E-state index in [2.05, 4.69) is 4.99 Å². The van der Waals surface area contributed by atoms with E-state index < -0.39 is 39.7 Å².